The molecule has 2 unspecified atom stereocenters. The molecule has 0 heterocycles. The van der Waals surface area contributed by atoms with Crippen LogP contribution in [0.4, 0.5) is 0 Å². The highest BCUT2D eigenvalue weighted by Crippen LogP contribution is 2.32. The molecule has 2 atom stereocenters. The second kappa shape index (κ2) is 6.93. The Morgan fingerprint density at radius 2 is 1.50 bits per heavy atom. The summed E-state index contributed by atoms with van der Waals surface area (Å²) >= 11 is 0. The van der Waals surface area contributed by atoms with Gasteiger partial charge in [0.1, 0.15) is 0 Å². The molecule has 0 aromatic heterocycles. The second-order valence-electron chi connectivity index (χ2n) is 7.08. The van der Waals surface area contributed by atoms with Crippen molar-refractivity contribution in [2.45, 2.75) is 90.6 Å². The fourth-order valence-electron chi connectivity index (χ4n) is 4.31. The van der Waals surface area contributed by atoms with E-state index in [1.807, 2.05) is 0 Å². The molecule has 2 aliphatic rings. The summed E-state index contributed by atoms with van der Waals surface area (Å²) in [4.78, 5) is 0. The van der Waals surface area contributed by atoms with Gasteiger partial charge >= 0.3 is 0 Å². The summed E-state index contributed by atoms with van der Waals surface area (Å²) in [6, 6.07) is 1.62. The molecule has 2 aliphatic carbocycles. The molecule has 0 aromatic carbocycles. The van der Waals surface area contributed by atoms with Crippen molar-refractivity contribution < 1.29 is 0 Å². The molecule has 0 spiro atoms. The van der Waals surface area contributed by atoms with Gasteiger partial charge in [-0.25, -0.2) is 0 Å². The first-order valence-electron chi connectivity index (χ1n) is 8.46. The molecule has 0 radical (unpaired) electrons. The predicted octanol–water partition coefficient (Wildman–Crippen LogP) is 4.76. The first-order chi connectivity index (χ1) is 8.70. The Morgan fingerprint density at radius 3 is 2.06 bits per heavy atom. The van der Waals surface area contributed by atoms with E-state index in [0.717, 1.165) is 29.8 Å². The molecule has 0 amide bonds. The minimum Gasteiger partial charge on any atom is -0.311 e. The molecule has 2 saturated carbocycles. The van der Waals surface area contributed by atoms with Crippen molar-refractivity contribution in [2.24, 2.45) is 17.8 Å². The summed E-state index contributed by atoms with van der Waals surface area (Å²) in [5, 5.41) is 4.02. The van der Waals surface area contributed by atoms with Crippen LogP contribution in [0.25, 0.3) is 0 Å². The Hall–Kier alpha value is -0.0400. The summed E-state index contributed by atoms with van der Waals surface area (Å²) < 4.78 is 0. The zero-order valence-corrected chi connectivity index (χ0v) is 12.8. The highest BCUT2D eigenvalue weighted by molar-refractivity contribution is 4.87. The summed E-state index contributed by atoms with van der Waals surface area (Å²) in [7, 11) is 0. The molecule has 0 aliphatic heterocycles. The van der Waals surface area contributed by atoms with Crippen molar-refractivity contribution >= 4 is 0 Å². The van der Waals surface area contributed by atoms with Gasteiger partial charge in [-0.2, -0.15) is 0 Å². The topological polar surface area (TPSA) is 12.0 Å². The average molecular weight is 251 g/mol. The minimum atomic E-state index is 0.798. The van der Waals surface area contributed by atoms with Gasteiger partial charge < -0.3 is 5.32 Å². The quantitative estimate of drug-likeness (QED) is 0.759. The van der Waals surface area contributed by atoms with Gasteiger partial charge in [0, 0.05) is 12.1 Å². The van der Waals surface area contributed by atoms with Crippen LogP contribution in [0, 0.1) is 17.8 Å². The second-order valence-corrected chi connectivity index (χ2v) is 7.08. The Balaban J connectivity index is 1.76. The van der Waals surface area contributed by atoms with Gasteiger partial charge in [-0.1, -0.05) is 40.0 Å². The molecule has 2 rings (SSSR count). The maximum absolute atomic E-state index is 4.02. The van der Waals surface area contributed by atoms with Crippen LogP contribution in [0.15, 0.2) is 0 Å². The van der Waals surface area contributed by atoms with E-state index in [1.54, 1.807) is 0 Å². The normalized spacial score (nSPS) is 41.8. The molecule has 1 nitrogen and oxygen atoms in total. The number of hydrogen-bond acceptors (Lipinski definition) is 1. The zero-order chi connectivity index (χ0) is 13.0. The first-order valence-corrected chi connectivity index (χ1v) is 8.46. The third-order valence-electron chi connectivity index (χ3n) is 5.52. The summed E-state index contributed by atoms with van der Waals surface area (Å²) in [5.74, 6) is 2.82. The molecule has 18 heavy (non-hydrogen) atoms. The molecule has 106 valence electrons. The largest absolute Gasteiger partial charge is 0.311 e. The van der Waals surface area contributed by atoms with Crippen LogP contribution in [0.1, 0.15) is 78.6 Å². The third-order valence-corrected chi connectivity index (χ3v) is 5.52. The van der Waals surface area contributed by atoms with Crippen LogP contribution in [-0.4, -0.2) is 12.1 Å². The maximum Gasteiger partial charge on any atom is 0.0121 e. The SMILES string of the molecule is CCCC1CCC(NC2C(C)CCCC2C)CC1. The third kappa shape index (κ3) is 3.73. The molecular weight excluding hydrogens is 218 g/mol. The first kappa shape index (κ1) is 14.4. The Bertz CT molecular complexity index is 220. The van der Waals surface area contributed by atoms with E-state index in [0.29, 0.717) is 0 Å². The van der Waals surface area contributed by atoms with Gasteiger partial charge in [0.05, 0.1) is 0 Å². The monoisotopic (exact) mass is 251 g/mol. The van der Waals surface area contributed by atoms with Gasteiger partial charge in [-0.15, -0.1) is 0 Å². The summed E-state index contributed by atoms with van der Waals surface area (Å²) in [6.45, 7) is 7.24. The van der Waals surface area contributed by atoms with Crippen LogP contribution in [0.3, 0.4) is 0 Å². The number of nitrogens with one attached hydrogen (secondary N) is 1. The van der Waals surface area contributed by atoms with Gasteiger partial charge in [-0.3, -0.25) is 0 Å². The molecule has 0 bridgehead atoms. The average Bonchev–Trinajstić information content (AvgIpc) is 2.36. The lowest BCUT2D eigenvalue weighted by Crippen LogP contribution is -2.48. The smallest absolute Gasteiger partial charge is 0.0121 e. The lowest BCUT2D eigenvalue weighted by atomic mass is 9.77. The van der Waals surface area contributed by atoms with E-state index in [-0.39, 0.29) is 0 Å². The Labute approximate surface area is 114 Å². The summed E-state index contributed by atoms with van der Waals surface area (Å²) in [6.07, 6.45) is 13.0. The van der Waals surface area contributed by atoms with Crippen LogP contribution < -0.4 is 5.32 Å². The summed E-state index contributed by atoms with van der Waals surface area (Å²) in [5.41, 5.74) is 0. The molecule has 0 aromatic rings. The minimum absolute atomic E-state index is 0.798. The standard InChI is InChI=1S/C17H33N/c1-4-6-15-9-11-16(12-10-15)18-17-13(2)7-5-8-14(17)3/h13-18H,4-12H2,1-3H3. The molecule has 1 heteroatoms. The van der Waals surface area contributed by atoms with E-state index in [9.17, 15) is 0 Å². The van der Waals surface area contributed by atoms with Crippen molar-refractivity contribution in [3.05, 3.63) is 0 Å². The van der Waals surface area contributed by atoms with E-state index in [1.165, 1.54) is 57.8 Å². The van der Waals surface area contributed by atoms with Crippen molar-refractivity contribution in [3.8, 4) is 0 Å². The van der Waals surface area contributed by atoms with E-state index in [2.05, 4.69) is 26.1 Å². The van der Waals surface area contributed by atoms with E-state index >= 15 is 0 Å². The van der Waals surface area contributed by atoms with Crippen molar-refractivity contribution in [2.75, 3.05) is 0 Å². The van der Waals surface area contributed by atoms with Crippen LogP contribution in [0.5, 0.6) is 0 Å². The molecule has 1 N–H and O–H groups in total. The fourth-order valence-corrected chi connectivity index (χ4v) is 4.31. The Kier molecular flexibility index (Phi) is 5.54. The maximum atomic E-state index is 4.02. The highest BCUT2D eigenvalue weighted by atomic mass is 15.0. The number of hydrogen-bond donors (Lipinski definition) is 1. The van der Waals surface area contributed by atoms with Crippen LogP contribution >= 0.6 is 0 Å². The van der Waals surface area contributed by atoms with Crippen LogP contribution in [-0.2, 0) is 0 Å². The zero-order valence-electron chi connectivity index (χ0n) is 12.8. The predicted molar refractivity (Wildman–Crippen MR) is 79.8 cm³/mol. The van der Waals surface area contributed by atoms with Crippen molar-refractivity contribution in [3.63, 3.8) is 0 Å². The fraction of sp³-hybridized carbons (Fsp3) is 1.00. The molecule has 2 fully saturated rings. The highest BCUT2D eigenvalue weighted by Gasteiger charge is 2.30. The van der Waals surface area contributed by atoms with Gasteiger partial charge in [0.2, 0.25) is 0 Å². The van der Waals surface area contributed by atoms with Crippen molar-refractivity contribution in [1.82, 2.24) is 5.32 Å². The van der Waals surface area contributed by atoms with Crippen LogP contribution in [0.2, 0.25) is 0 Å². The molecular formula is C17H33N. The van der Waals surface area contributed by atoms with Gasteiger partial charge in [0.15, 0.2) is 0 Å². The molecule has 0 saturated heterocycles. The van der Waals surface area contributed by atoms with E-state index in [4.69, 9.17) is 0 Å². The lowest BCUT2D eigenvalue weighted by Gasteiger charge is -2.40. The lowest BCUT2D eigenvalue weighted by molar-refractivity contribution is 0.168. The number of rotatable bonds is 4. The van der Waals surface area contributed by atoms with Gasteiger partial charge in [-0.05, 0) is 56.3 Å². The van der Waals surface area contributed by atoms with Crippen molar-refractivity contribution in [1.29, 1.82) is 0 Å². The Morgan fingerprint density at radius 1 is 0.889 bits per heavy atom. The van der Waals surface area contributed by atoms with Gasteiger partial charge in [0.25, 0.3) is 0 Å². The van der Waals surface area contributed by atoms with E-state index < -0.39 is 0 Å².